The van der Waals surface area contributed by atoms with Crippen LogP contribution in [0.5, 0.6) is 0 Å². The molecule has 2 N–H and O–H groups in total. The number of hydrogen-bond acceptors (Lipinski definition) is 0. The summed E-state index contributed by atoms with van der Waals surface area (Å²) in [7, 11) is 0. The molecule has 2 aliphatic carbocycles. The molecule has 0 aromatic carbocycles. The number of piperidine rings is 1. The maximum Gasteiger partial charge on any atom is 0.0983 e. The highest BCUT2D eigenvalue weighted by Crippen LogP contribution is 2.43. The second kappa shape index (κ2) is 5.96. The molecule has 114 valence electrons. The SMILES string of the molecule is C1CCC[NH+](C2CC[NH+]([C@@H]3C[C@H]4CC[C@H]3C4)CC2)CC1. The summed E-state index contributed by atoms with van der Waals surface area (Å²) < 4.78 is 0. The normalized spacial score (nSPS) is 46.5. The van der Waals surface area contributed by atoms with Crippen LogP contribution in [-0.4, -0.2) is 38.3 Å². The number of likely N-dealkylation sites (tertiary alicyclic amines) is 2. The van der Waals surface area contributed by atoms with Crippen LogP contribution in [0.4, 0.5) is 0 Å². The van der Waals surface area contributed by atoms with Gasteiger partial charge in [-0.25, -0.2) is 0 Å². The van der Waals surface area contributed by atoms with Crippen molar-refractivity contribution in [3.8, 4) is 0 Å². The lowest BCUT2D eigenvalue weighted by Crippen LogP contribution is -3.22. The minimum Gasteiger partial charge on any atom is -0.332 e. The van der Waals surface area contributed by atoms with Crippen molar-refractivity contribution in [2.45, 2.75) is 76.3 Å². The molecule has 3 atom stereocenters. The Bertz CT molecular complexity index is 313. The van der Waals surface area contributed by atoms with Crippen molar-refractivity contribution in [2.75, 3.05) is 26.2 Å². The molecule has 0 aromatic heterocycles. The van der Waals surface area contributed by atoms with Crippen molar-refractivity contribution in [1.29, 1.82) is 0 Å². The van der Waals surface area contributed by atoms with Gasteiger partial charge in [0, 0.05) is 25.2 Å². The fourth-order valence-corrected chi connectivity index (χ4v) is 6.10. The van der Waals surface area contributed by atoms with E-state index in [0.29, 0.717) is 0 Å². The Morgan fingerprint density at radius 2 is 1.35 bits per heavy atom. The number of fused-ring (bicyclic) bond motifs is 2. The second-order valence-electron chi connectivity index (χ2n) is 8.29. The lowest BCUT2D eigenvalue weighted by Gasteiger charge is -2.38. The third kappa shape index (κ3) is 2.66. The van der Waals surface area contributed by atoms with Crippen LogP contribution in [0.15, 0.2) is 0 Å². The first-order chi connectivity index (χ1) is 9.90. The van der Waals surface area contributed by atoms with Gasteiger partial charge in [-0.3, -0.25) is 0 Å². The molecule has 2 nitrogen and oxygen atoms in total. The Kier molecular flexibility index (Phi) is 4.05. The Hall–Kier alpha value is -0.0800. The standard InChI is InChI=1S/C18H32N2/c1-2-4-10-19(9-3-1)17-7-11-20(12-8-17)18-14-15-5-6-16(18)13-15/h15-18H,1-14H2/p+2/t15-,16-,18+/m0/s1. The number of rotatable bonds is 2. The van der Waals surface area contributed by atoms with Gasteiger partial charge in [0.05, 0.1) is 38.3 Å². The quantitative estimate of drug-likeness (QED) is 0.735. The zero-order chi connectivity index (χ0) is 13.4. The third-order valence-electron chi connectivity index (χ3n) is 7.21. The first-order valence-electron chi connectivity index (χ1n) is 9.59. The highest BCUT2D eigenvalue weighted by molar-refractivity contribution is 4.90. The molecule has 2 aliphatic heterocycles. The van der Waals surface area contributed by atoms with E-state index in [2.05, 4.69) is 0 Å². The van der Waals surface area contributed by atoms with E-state index >= 15 is 0 Å². The molecule has 4 aliphatic rings. The topological polar surface area (TPSA) is 8.88 Å². The molecule has 0 aromatic rings. The Morgan fingerprint density at radius 1 is 0.600 bits per heavy atom. The molecule has 0 amide bonds. The second-order valence-corrected chi connectivity index (χ2v) is 8.29. The van der Waals surface area contributed by atoms with Crippen LogP contribution >= 0.6 is 0 Å². The zero-order valence-electron chi connectivity index (χ0n) is 13.2. The minimum atomic E-state index is 1.02. The molecular weight excluding hydrogens is 244 g/mol. The summed E-state index contributed by atoms with van der Waals surface area (Å²) in [5.41, 5.74) is 0. The predicted octanol–water partition coefficient (Wildman–Crippen LogP) is 0.681. The summed E-state index contributed by atoms with van der Waals surface area (Å²) in [6, 6.07) is 2.10. The largest absolute Gasteiger partial charge is 0.332 e. The van der Waals surface area contributed by atoms with Crippen molar-refractivity contribution >= 4 is 0 Å². The van der Waals surface area contributed by atoms with Gasteiger partial charge in [0.15, 0.2) is 0 Å². The Balaban J connectivity index is 1.29. The van der Waals surface area contributed by atoms with Gasteiger partial charge in [-0.2, -0.15) is 0 Å². The van der Waals surface area contributed by atoms with Crippen molar-refractivity contribution < 1.29 is 9.80 Å². The van der Waals surface area contributed by atoms with Crippen LogP contribution < -0.4 is 9.80 Å². The maximum atomic E-state index is 2.02. The van der Waals surface area contributed by atoms with Crippen molar-refractivity contribution in [3.05, 3.63) is 0 Å². The molecule has 4 rings (SSSR count). The van der Waals surface area contributed by atoms with E-state index in [0.717, 1.165) is 23.9 Å². The van der Waals surface area contributed by atoms with E-state index in [1.807, 2.05) is 9.80 Å². The zero-order valence-corrected chi connectivity index (χ0v) is 13.2. The van der Waals surface area contributed by atoms with Crippen LogP contribution in [-0.2, 0) is 0 Å². The lowest BCUT2D eigenvalue weighted by atomic mass is 9.91. The summed E-state index contributed by atoms with van der Waals surface area (Å²) in [4.78, 5) is 4.00. The van der Waals surface area contributed by atoms with Crippen molar-refractivity contribution in [3.63, 3.8) is 0 Å². The number of hydrogen-bond donors (Lipinski definition) is 2. The summed E-state index contributed by atoms with van der Waals surface area (Å²) in [5.74, 6) is 2.25. The molecule has 2 heteroatoms. The van der Waals surface area contributed by atoms with Crippen LogP contribution in [0.3, 0.4) is 0 Å². The van der Waals surface area contributed by atoms with Gasteiger partial charge >= 0.3 is 0 Å². The van der Waals surface area contributed by atoms with E-state index in [9.17, 15) is 0 Å². The Labute approximate surface area is 124 Å². The lowest BCUT2D eigenvalue weighted by molar-refractivity contribution is -0.969. The molecular formula is C18H34N2+2. The maximum absolute atomic E-state index is 2.02. The van der Waals surface area contributed by atoms with E-state index in [1.165, 1.54) is 64.7 Å². The van der Waals surface area contributed by atoms with Gasteiger partial charge in [-0.15, -0.1) is 0 Å². The van der Waals surface area contributed by atoms with Gasteiger partial charge < -0.3 is 9.80 Å². The monoisotopic (exact) mass is 278 g/mol. The number of nitrogens with one attached hydrogen (secondary N) is 2. The van der Waals surface area contributed by atoms with Crippen LogP contribution in [0, 0.1) is 11.8 Å². The first kappa shape index (κ1) is 13.6. The molecule has 0 unspecified atom stereocenters. The van der Waals surface area contributed by atoms with Crippen LogP contribution in [0.1, 0.15) is 64.2 Å². The summed E-state index contributed by atoms with van der Waals surface area (Å²) in [5, 5.41) is 0. The van der Waals surface area contributed by atoms with Crippen LogP contribution in [0.25, 0.3) is 0 Å². The van der Waals surface area contributed by atoms with E-state index < -0.39 is 0 Å². The molecule has 0 radical (unpaired) electrons. The average molecular weight is 278 g/mol. The fourth-order valence-electron chi connectivity index (χ4n) is 6.10. The van der Waals surface area contributed by atoms with Crippen molar-refractivity contribution in [2.24, 2.45) is 11.8 Å². The molecule has 0 spiro atoms. The molecule has 2 saturated heterocycles. The average Bonchev–Trinajstić information content (AvgIpc) is 3.02. The van der Waals surface area contributed by atoms with Gasteiger partial charge in [-0.05, 0) is 50.9 Å². The van der Waals surface area contributed by atoms with E-state index in [4.69, 9.17) is 0 Å². The van der Waals surface area contributed by atoms with Crippen LogP contribution in [0.2, 0.25) is 0 Å². The van der Waals surface area contributed by atoms with Gasteiger partial charge in [-0.1, -0.05) is 0 Å². The molecule has 2 heterocycles. The first-order valence-corrected chi connectivity index (χ1v) is 9.59. The molecule has 2 bridgehead atoms. The summed E-state index contributed by atoms with van der Waals surface area (Å²) in [6.07, 6.45) is 15.4. The minimum absolute atomic E-state index is 1.02. The van der Waals surface area contributed by atoms with Gasteiger partial charge in [0.2, 0.25) is 0 Å². The molecule has 4 fully saturated rings. The smallest absolute Gasteiger partial charge is 0.0983 e. The van der Waals surface area contributed by atoms with Crippen molar-refractivity contribution in [1.82, 2.24) is 0 Å². The fraction of sp³-hybridized carbons (Fsp3) is 1.00. The van der Waals surface area contributed by atoms with Gasteiger partial charge in [0.1, 0.15) is 0 Å². The predicted molar refractivity (Wildman–Crippen MR) is 82.1 cm³/mol. The molecule has 2 saturated carbocycles. The number of quaternary nitrogens is 2. The highest BCUT2D eigenvalue weighted by Gasteiger charge is 2.46. The third-order valence-corrected chi connectivity index (χ3v) is 7.21. The Morgan fingerprint density at radius 3 is 1.95 bits per heavy atom. The molecule has 20 heavy (non-hydrogen) atoms. The van der Waals surface area contributed by atoms with E-state index in [-0.39, 0.29) is 0 Å². The van der Waals surface area contributed by atoms with E-state index in [1.54, 1.807) is 25.7 Å². The highest BCUT2D eigenvalue weighted by atomic mass is 15.2. The van der Waals surface area contributed by atoms with Gasteiger partial charge in [0.25, 0.3) is 0 Å². The summed E-state index contributed by atoms with van der Waals surface area (Å²) >= 11 is 0. The summed E-state index contributed by atoms with van der Waals surface area (Å²) in [6.45, 7) is 5.96.